The largest absolute Gasteiger partial charge is 0.497 e. The van der Waals surface area contributed by atoms with Crippen molar-refractivity contribution < 1.29 is 9.53 Å². The lowest BCUT2D eigenvalue weighted by Crippen LogP contribution is -2.31. The summed E-state index contributed by atoms with van der Waals surface area (Å²) in [6.45, 7) is 5.91. The molecule has 1 atom stereocenters. The minimum atomic E-state index is -0.481. The molecule has 1 amide bonds. The van der Waals surface area contributed by atoms with Crippen LogP contribution in [0.4, 0.5) is 11.6 Å². The van der Waals surface area contributed by atoms with Gasteiger partial charge in [0.1, 0.15) is 11.8 Å². The van der Waals surface area contributed by atoms with Crippen LogP contribution < -0.4 is 15.4 Å². The number of methoxy groups -OCH3 is 1. The third kappa shape index (κ3) is 5.28. The summed E-state index contributed by atoms with van der Waals surface area (Å²) >= 11 is 7.84. The second-order valence-corrected chi connectivity index (χ2v) is 10.5. The van der Waals surface area contributed by atoms with Gasteiger partial charge in [0, 0.05) is 22.2 Å². The van der Waals surface area contributed by atoms with Crippen LogP contribution in [0.3, 0.4) is 0 Å². The molecule has 2 N–H and O–H groups in total. The number of nitrogens with one attached hydrogen (secondary N) is 2. The van der Waals surface area contributed by atoms with Crippen LogP contribution >= 0.6 is 23.4 Å². The standard InChI is InChI=1S/C29H28ClN5O2S/c1-17-9-14-24(18(2)15-17)32-27(36)25-19(3)31-28-33-29(38-16-21-7-5-6-8-23(21)30)34-35(28)26(25)20-10-12-22(37-4)13-11-20/h5-15,26H,16H2,1-4H3,(H,32,36)(H,31,33,34). The molecule has 38 heavy (non-hydrogen) atoms. The van der Waals surface area contributed by atoms with E-state index in [2.05, 4.69) is 16.7 Å². The average Bonchev–Trinajstić information content (AvgIpc) is 3.31. The Morgan fingerprint density at radius 1 is 1.11 bits per heavy atom. The van der Waals surface area contributed by atoms with Crippen molar-refractivity contribution in [1.29, 1.82) is 0 Å². The highest BCUT2D eigenvalue weighted by Gasteiger charge is 2.34. The van der Waals surface area contributed by atoms with Crippen LogP contribution in [0, 0.1) is 13.8 Å². The van der Waals surface area contributed by atoms with Crippen molar-refractivity contribution in [3.8, 4) is 5.75 Å². The van der Waals surface area contributed by atoms with E-state index in [1.807, 2.05) is 81.4 Å². The fourth-order valence-corrected chi connectivity index (χ4v) is 5.60. The van der Waals surface area contributed by atoms with Crippen molar-refractivity contribution in [2.75, 3.05) is 17.7 Å². The van der Waals surface area contributed by atoms with E-state index in [0.717, 1.165) is 39.4 Å². The predicted octanol–water partition coefficient (Wildman–Crippen LogP) is 6.78. The topological polar surface area (TPSA) is 81.1 Å². The van der Waals surface area contributed by atoms with Gasteiger partial charge < -0.3 is 15.4 Å². The molecular weight excluding hydrogens is 518 g/mol. The highest BCUT2D eigenvalue weighted by atomic mass is 35.5. The van der Waals surface area contributed by atoms with E-state index in [1.165, 1.54) is 11.8 Å². The molecule has 7 nitrogen and oxygen atoms in total. The molecule has 0 aliphatic carbocycles. The molecule has 0 saturated heterocycles. The summed E-state index contributed by atoms with van der Waals surface area (Å²) < 4.78 is 7.14. The number of nitrogens with zero attached hydrogens (tertiary/aromatic N) is 3. The molecule has 3 aromatic carbocycles. The quantitative estimate of drug-likeness (QED) is 0.249. The van der Waals surface area contributed by atoms with Gasteiger partial charge in [-0.05, 0) is 61.7 Å². The van der Waals surface area contributed by atoms with Gasteiger partial charge in [-0.15, -0.1) is 5.10 Å². The Kier molecular flexibility index (Phi) is 7.44. The third-order valence-corrected chi connectivity index (χ3v) is 7.71. The molecular formula is C29H28ClN5O2S. The van der Waals surface area contributed by atoms with Crippen LogP contribution in [-0.2, 0) is 10.5 Å². The van der Waals surface area contributed by atoms with E-state index in [1.54, 1.807) is 11.8 Å². The summed E-state index contributed by atoms with van der Waals surface area (Å²) in [5, 5.41) is 12.5. The number of hydrogen-bond donors (Lipinski definition) is 2. The van der Waals surface area contributed by atoms with Gasteiger partial charge in [-0.25, -0.2) is 4.68 Å². The first kappa shape index (κ1) is 25.9. The normalized spacial score (nSPS) is 14.6. The summed E-state index contributed by atoms with van der Waals surface area (Å²) in [6, 6.07) is 20.9. The number of thioether (sulfide) groups is 1. The predicted molar refractivity (Wildman–Crippen MR) is 153 cm³/mol. The fourth-order valence-electron chi connectivity index (χ4n) is 4.48. The number of ether oxygens (including phenoxy) is 1. The van der Waals surface area contributed by atoms with Crippen LogP contribution in [0.25, 0.3) is 0 Å². The van der Waals surface area contributed by atoms with Gasteiger partial charge in [0.15, 0.2) is 0 Å². The maximum absolute atomic E-state index is 13.8. The summed E-state index contributed by atoms with van der Waals surface area (Å²) in [6.07, 6.45) is 0. The number of allylic oxidation sites excluding steroid dienone is 1. The molecule has 1 aliphatic heterocycles. The van der Waals surface area contributed by atoms with Crippen LogP contribution in [-0.4, -0.2) is 27.8 Å². The van der Waals surface area contributed by atoms with Crippen molar-refractivity contribution >= 4 is 40.9 Å². The summed E-state index contributed by atoms with van der Waals surface area (Å²) in [5.74, 6) is 1.74. The number of aryl methyl sites for hydroxylation is 2. The first-order chi connectivity index (χ1) is 18.3. The zero-order chi connectivity index (χ0) is 26.8. The third-order valence-electron chi connectivity index (χ3n) is 6.45. The minimum Gasteiger partial charge on any atom is -0.497 e. The van der Waals surface area contributed by atoms with Crippen molar-refractivity contribution in [2.24, 2.45) is 0 Å². The van der Waals surface area contributed by atoms with E-state index < -0.39 is 6.04 Å². The van der Waals surface area contributed by atoms with Crippen molar-refractivity contribution in [3.05, 3.63) is 105 Å². The zero-order valence-corrected chi connectivity index (χ0v) is 23.2. The smallest absolute Gasteiger partial charge is 0.255 e. The molecule has 5 rings (SSSR count). The number of aromatic nitrogens is 3. The Balaban J connectivity index is 1.50. The number of benzene rings is 3. The van der Waals surface area contributed by atoms with E-state index in [4.69, 9.17) is 26.4 Å². The van der Waals surface area contributed by atoms with E-state index in [-0.39, 0.29) is 5.91 Å². The molecule has 1 aromatic heterocycles. The molecule has 4 aromatic rings. The Morgan fingerprint density at radius 2 is 1.87 bits per heavy atom. The number of carbonyl (C=O) groups excluding carboxylic acids is 1. The Hall–Kier alpha value is -3.75. The van der Waals surface area contributed by atoms with Crippen LogP contribution in [0.15, 0.2) is 83.2 Å². The second kappa shape index (κ2) is 10.9. The SMILES string of the molecule is COc1ccc(C2C(C(=O)Nc3ccc(C)cc3C)=C(C)Nc3nc(SCc4ccccc4Cl)nn32)cc1. The lowest BCUT2D eigenvalue weighted by molar-refractivity contribution is -0.113. The second-order valence-electron chi connectivity index (χ2n) is 9.15. The lowest BCUT2D eigenvalue weighted by Gasteiger charge is -2.29. The number of rotatable bonds is 7. The van der Waals surface area contributed by atoms with Gasteiger partial charge in [0.05, 0.1) is 12.7 Å². The first-order valence-corrected chi connectivity index (χ1v) is 13.5. The van der Waals surface area contributed by atoms with Gasteiger partial charge in [-0.3, -0.25) is 4.79 Å². The summed E-state index contributed by atoms with van der Waals surface area (Å²) in [5.41, 5.74) is 6.10. The maximum atomic E-state index is 13.8. The van der Waals surface area contributed by atoms with Gasteiger partial charge >= 0.3 is 0 Å². The molecule has 0 spiro atoms. The molecule has 1 aliphatic rings. The molecule has 194 valence electrons. The average molecular weight is 546 g/mol. The molecule has 2 heterocycles. The highest BCUT2D eigenvalue weighted by Crippen LogP contribution is 2.38. The van der Waals surface area contributed by atoms with Gasteiger partial charge in [0.25, 0.3) is 5.91 Å². The Labute approximate surface area is 231 Å². The van der Waals surface area contributed by atoms with Crippen molar-refractivity contribution in [1.82, 2.24) is 14.8 Å². The van der Waals surface area contributed by atoms with Crippen molar-refractivity contribution in [2.45, 2.75) is 37.7 Å². The first-order valence-electron chi connectivity index (χ1n) is 12.2. The number of halogens is 1. The van der Waals surface area contributed by atoms with Crippen molar-refractivity contribution in [3.63, 3.8) is 0 Å². The highest BCUT2D eigenvalue weighted by molar-refractivity contribution is 7.98. The number of fused-ring (bicyclic) bond motifs is 1. The number of amides is 1. The van der Waals surface area contributed by atoms with E-state index >= 15 is 0 Å². The fraction of sp³-hybridized carbons (Fsp3) is 0.207. The van der Waals surface area contributed by atoms with E-state index in [0.29, 0.717) is 27.5 Å². The number of carbonyl (C=O) groups is 1. The van der Waals surface area contributed by atoms with E-state index in [9.17, 15) is 4.79 Å². The Morgan fingerprint density at radius 3 is 2.58 bits per heavy atom. The molecule has 0 fully saturated rings. The molecule has 0 bridgehead atoms. The molecule has 0 saturated carbocycles. The van der Waals surface area contributed by atoms with Gasteiger partial charge in [-0.1, -0.05) is 71.4 Å². The van der Waals surface area contributed by atoms with Crippen LogP contribution in [0.2, 0.25) is 5.02 Å². The number of hydrogen-bond acceptors (Lipinski definition) is 6. The summed E-state index contributed by atoms with van der Waals surface area (Å²) in [4.78, 5) is 18.5. The van der Waals surface area contributed by atoms with Gasteiger partial charge in [0.2, 0.25) is 11.1 Å². The monoisotopic (exact) mass is 545 g/mol. The molecule has 0 radical (unpaired) electrons. The summed E-state index contributed by atoms with van der Waals surface area (Å²) in [7, 11) is 1.63. The van der Waals surface area contributed by atoms with Crippen LogP contribution in [0.5, 0.6) is 5.75 Å². The Bertz CT molecular complexity index is 1530. The minimum absolute atomic E-state index is 0.200. The molecule has 9 heteroatoms. The lowest BCUT2D eigenvalue weighted by atomic mass is 9.94. The zero-order valence-electron chi connectivity index (χ0n) is 21.6. The van der Waals surface area contributed by atoms with Gasteiger partial charge in [-0.2, -0.15) is 4.98 Å². The maximum Gasteiger partial charge on any atom is 0.255 e. The number of anilines is 2. The van der Waals surface area contributed by atoms with Crippen LogP contribution in [0.1, 0.15) is 35.2 Å². The molecule has 1 unspecified atom stereocenters.